The van der Waals surface area contributed by atoms with Crippen molar-refractivity contribution in [3.63, 3.8) is 0 Å². The third-order valence-corrected chi connectivity index (χ3v) is 3.78. The molecule has 1 heterocycles. The fourth-order valence-electron chi connectivity index (χ4n) is 2.60. The van der Waals surface area contributed by atoms with E-state index in [1.165, 1.54) is 12.1 Å². The maximum Gasteiger partial charge on any atom is 0.238 e. The van der Waals surface area contributed by atoms with Gasteiger partial charge in [-0.05, 0) is 56.5 Å². The number of likely N-dealkylation sites (tertiary alicyclic amines) is 1. The Kier molecular flexibility index (Phi) is 7.08. The first-order valence-corrected chi connectivity index (χ1v) is 7.08. The summed E-state index contributed by atoms with van der Waals surface area (Å²) in [5.74, 6) is 0.0862. The minimum absolute atomic E-state index is 0. The van der Waals surface area contributed by atoms with Gasteiger partial charge in [-0.2, -0.15) is 0 Å². The molecule has 0 spiro atoms. The smallest absolute Gasteiger partial charge is 0.238 e. The lowest BCUT2D eigenvalue weighted by Crippen LogP contribution is -2.45. The van der Waals surface area contributed by atoms with E-state index in [0.717, 1.165) is 25.9 Å². The van der Waals surface area contributed by atoms with Crippen LogP contribution < -0.4 is 11.1 Å². The van der Waals surface area contributed by atoms with E-state index in [2.05, 4.69) is 10.2 Å². The van der Waals surface area contributed by atoms with Crippen molar-refractivity contribution in [2.45, 2.75) is 25.8 Å². The maximum atomic E-state index is 12.8. The average molecular weight is 316 g/mol. The van der Waals surface area contributed by atoms with E-state index in [-0.39, 0.29) is 30.2 Å². The van der Waals surface area contributed by atoms with Crippen LogP contribution in [0.3, 0.4) is 0 Å². The number of benzene rings is 1. The molecular weight excluding hydrogens is 293 g/mol. The fourth-order valence-corrected chi connectivity index (χ4v) is 2.60. The Morgan fingerprint density at radius 1 is 1.48 bits per heavy atom. The summed E-state index contributed by atoms with van der Waals surface area (Å²) in [4.78, 5) is 14.1. The van der Waals surface area contributed by atoms with Gasteiger partial charge in [-0.25, -0.2) is 4.39 Å². The van der Waals surface area contributed by atoms with Crippen LogP contribution in [0.5, 0.6) is 0 Å². The van der Waals surface area contributed by atoms with Crippen LogP contribution in [0.15, 0.2) is 24.3 Å². The minimum Gasteiger partial charge on any atom is -0.328 e. The molecule has 3 N–H and O–H groups in total. The van der Waals surface area contributed by atoms with Crippen LogP contribution in [0.1, 0.15) is 19.8 Å². The number of nitrogens with two attached hydrogens (primary N) is 1. The summed E-state index contributed by atoms with van der Waals surface area (Å²) in [5, 5.41) is 2.78. The van der Waals surface area contributed by atoms with Gasteiger partial charge in [0.15, 0.2) is 0 Å². The van der Waals surface area contributed by atoms with Crippen LogP contribution >= 0.6 is 12.4 Å². The summed E-state index contributed by atoms with van der Waals surface area (Å²) >= 11 is 0. The number of hydrogen-bond acceptors (Lipinski definition) is 3. The summed E-state index contributed by atoms with van der Waals surface area (Å²) in [6.45, 7) is 4.18. The highest BCUT2D eigenvalue weighted by atomic mass is 35.5. The zero-order chi connectivity index (χ0) is 14.5. The normalized spacial score (nSPS) is 20.4. The van der Waals surface area contributed by atoms with Gasteiger partial charge in [-0.15, -0.1) is 12.4 Å². The first kappa shape index (κ1) is 17.9. The monoisotopic (exact) mass is 315 g/mol. The van der Waals surface area contributed by atoms with Crippen molar-refractivity contribution in [2.75, 3.05) is 25.0 Å². The van der Waals surface area contributed by atoms with Gasteiger partial charge in [0.2, 0.25) is 5.91 Å². The Labute approximate surface area is 131 Å². The van der Waals surface area contributed by atoms with E-state index in [0.29, 0.717) is 18.2 Å². The molecule has 21 heavy (non-hydrogen) atoms. The molecule has 6 heteroatoms. The molecule has 1 aromatic carbocycles. The highest BCUT2D eigenvalue weighted by Crippen LogP contribution is 2.18. The Bertz CT molecular complexity index is 453. The zero-order valence-corrected chi connectivity index (χ0v) is 13.0. The van der Waals surface area contributed by atoms with Crippen molar-refractivity contribution in [2.24, 2.45) is 11.7 Å². The Morgan fingerprint density at radius 3 is 2.76 bits per heavy atom. The molecule has 0 saturated carbocycles. The lowest BCUT2D eigenvalue weighted by atomic mass is 9.92. The number of carbonyl (C=O) groups is 1. The van der Waals surface area contributed by atoms with Crippen LogP contribution in [0.4, 0.5) is 10.1 Å². The number of piperidine rings is 1. The second-order valence-electron chi connectivity index (χ2n) is 5.55. The minimum atomic E-state index is -0.307. The van der Waals surface area contributed by atoms with Gasteiger partial charge in [-0.1, -0.05) is 0 Å². The molecule has 2 rings (SSSR count). The van der Waals surface area contributed by atoms with E-state index in [1.807, 2.05) is 6.92 Å². The quantitative estimate of drug-likeness (QED) is 0.896. The lowest BCUT2D eigenvalue weighted by molar-refractivity contribution is -0.117. The standard InChI is InChI=1S/C15H22FN3O.ClH/c1-11(17)12-3-2-8-19(9-12)10-15(20)18-14-6-4-13(16)5-7-14;/h4-7,11-12H,2-3,8-10,17H2,1H3,(H,18,20);1H. The Hall–Kier alpha value is -1.17. The molecule has 2 unspecified atom stereocenters. The molecule has 1 amide bonds. The summed E-state index contributed by atoms with van der Waals surface area (Å²) in [6.07, 6.45) is 2.21. The summed E-state index contributed by atoms with van der Waals surface area (Å²) < 4.78 is 12.8. The van der Waals surface area contributed by atoms with Crippen LogP contribution in [0.25, 0.3) is 0 Å². The largest absolute Gasteiger partial charge is 0.328 e. The molecule has 118 valence electrons. The average Bonchev–Trinajstić information content (AvgIpc) is 2.41. The molecule has 0 aliphatic carbocycles. The fraction of sp³-hybridized carbons (Fsp3) is 0.533. The first-order valence-electron chi connectivity index (χ1n) is 7.08. The molecule has 0 bridgehead atoms. The topological polar surface area (TPSA) is 58.4 Å². The van der Waals surface area contributed by atoms with Crippen LogP contribution in [-0.4, -0.2) is 36.5 Å². The van der Waals surface area contributed by atoms with Gasteiger partial charge in [-0.3, -0.25) is 9.69 Å². The number of carbonyl (C=O) groups excluding carboxylic acids is 1. The van der Waals surface area contributed by atoms with E-state index in [9.17, 15) is 9.18 Å². The van der Waals surface area contributed by atoms with Gasteiger partial charge in [0.1, 0.15) is 5.82 Å². The molecule has 1 aromatic rings. The number of rotatable bonds is 4. The SMILES string of the molecule is CC(N)C1CCCN(CC(=O)Nc2ccc(F)cc2)C1.Cl. The Balaban J connectivity index is 0.00000220. The van der Waals surface area contributed by atoms with Gasteiger partial charge >= 0.3 is 0 Å². The number of halogens is 2. The molecule has 0 aromatic heterocycles. The molecule has 1 aliphatic heterocycles. The number of nitrogens with one attached hydrogen (secondary N) is 1. The third kappa shape index (κ3) is 5.61. The molecule has 0 radical (unpaired) electrons. The van der Waals surface area contributed by atoms with Crippen molar-refractivity contribution in [3.05, 3.63) is 30.1 Å². The van der Waals surface area contributed by atoms with Crippen molar-refractivity contribution in [3.8, 4) is 0 Å². The molecule has 1 aliphatic rings. The van der Waals surface area contributed by atoms with Crippen molar-refractivity contribution < 1.29 is 9.18 Å². The summed E-state index contributed by atoms with van der Waals surface area (Å²) in [6, 6.07) is 5.96. The Morgan fingerprint density at radius 2 is 2.14 bits per heavy atom. The highest BCUT2D eigenvalue weighted by molar-refractivity contribution is 5.92. The predicted octanol–water partition coefficient (Wildman–Crippen LogP) is 2.25. The van der Waals surface area contributed by atoms with Crippen LogP contribution in [-0.2, 0) is 4.79 Å². The number of amides is 1. The van der Waals surface area contributed by atoms with Gasteiger partial charge in [0, 0.05) is 18.3 Å². The van der Waals surface area contributed by atoms with Gasteiger partial charge < -0.3 is 11.1 Å². The van der Waals surface area contributed by atoms with Crippen molar-refractivity contribution in [1.29, 1.82) is 0 Å². The van der Waals surface area contributed by atoms with Crippen molar-refractivity contribution in [1.82, 2.24) is 4.90 Å². The van der Waals surface area contributed by atoms with Crippen molar-refractivity contribution >= 4 is 24.0 Å². The molecule has 2 atom stereocenters. The predicted molar refractivity (Wildman–Crippen MR) is 85.1 cm³/mol. The molecule has 1 fully saturated rings. The summed E-state index contributed by atoms with van der Waals surface area (Å²) in [5.41, 5.74) is 6.56. The van der Waals surface area contributed by atoms with E-state index < -0.39 is 0 Å². The lowest BCUT2D eigenvalue weighted by Gasteiger charge is -2.34. The number of anilines is 1. The summed E-state index contributed by atoms with van der Waals surface area (Å²) in [7, 11) is 0. The second-order valence-corrected chi connectivity index (χ2v) is 5.55. The highest BCUT2D eigenvalue weighted by Gasteiger charge is 2.23. The van der Waals surface area contributed by atoms with Crippen LogP contribution in [0, 0.1) is 11.7 Å². The van der Waals surface area contributed by atoms with Crippen LogP contribution in [0.2, 0.25) is 0 Å². The zero-order valence-electron chi connectivity index (χ0n) is 12.2. The molecule has 4 nitrogen and oxygen atoms in total. The van der Waals surface area contributed by atoms with Gasteiger partial charge in [0.05, 0.1) is 6.54 Å². The number of hydrogen-bond donors (Lipinski definition) is 2. The second kappa shape index (κ2) is 8.32. The molecule has 1 saturated heterocycles. The third-order valence-electron chi connectivity index (χ3n) is 3.78. The maximum absolute atomic E-state index is 12.8. The van der Waals surface area contributed by atoms with E-state index in [1.54, 1.807) is 12.1 Å². The van der Waals surface area contributed by atoms with E-state index >= 15 is 0 Å². The molecular formula is C15H23ClFN3O. The first-order chi connectivity index (χ1) is 9.54. The van der Waals surface area contributed by atoms with Gasteiger partial charge in [0.25, 0.3) is 0 Å². The van der Waals surface area contributed by atoms with E-state index in [4.69, 9.17) is 5.73 Å². The number of nitrogens with zero attached hydrogens (tertiary/aromatic N) is 1.